The molecule has 1 saturated heterocycles. The van der Waals surface area contributed by atoms with Crippen molar-refractivity contribution in [3.8, 4) is 0 Å². The number of nitrogens with zero attached hydrogens (tertiary/aromatic N) is 4. The molecule has 2 aromatic heterocycles. The number of hydrogen-bond acceptors (Lipinski definition) is 7. The Bertz CT molecular complexity index is 868. The number of rotatable bonds is 5. The zero-order valence-corrected chi connectivity index (χ0v) is 15.0. The molecule has 12 heteroatoms. The first-order chi connectivity index (χ1) is 12.4. The average Bonchev–Trinajstić information content (AvgIpc) is 3.11. The van der Waals surface area contributed by atoms with Crippen molar-refractivity contribution in [1.29, 1.82) is 0 Å². The van der Waals surface area contributed by atoms with Crippen molar-refractivity contribution in [3.63, 3.8) is 0 Å². The van der Waals surface area contributed by atoms with Crippen molar-refractivity contribution in [2.24, 2.45) is 5.92 Å². The number of carbonyl (C=O) groups is 1. The first-order valence-electron chi connectivity index (χ1n) is 7.70. The number of piperidine rings is 1. The monoisotopic (exact) mass is 403 g/mol. The van der Waals surface area contributed by atoms with Crippen LogP contribution in [0.5, 0.6) is 0 Å². The predicted octanol–water partition coefficient (Wildman–Crippen LogP) is 1.91. The van der Waals surface area contributed by atoms with Crippen molar-refractivity contribution in [2.75, 3.05) is 18.4 Å². The van der Waals surface area contributed by atoms with Crippen LogP contribution < -0.4 is 5.32 Å². The summed E-state index contributed by atoms with van der Waals surface area (Å²) in [5.41, 5.74) is 0. The van der Waals surface area contributed by atoms with Crippen LogP contribution in [0.3, 0.4) is 0 Å². The van der Waals surface area contributed by atoms with Crippen LogP contribution in [0.25, 0.3) is 0 Å². The molecule has 0 saturated carbocycles. The molecule has 1 fully saturated rings. The zero-order valence-electron chi connectivity index (χ0n) is 13.4. The highest BCUT2D eigenvalue weighted by Gasteiger charge is 2.32. The van der Waals surface area contributed by atoms with Gasteiger partial charge in [0, 0.05) is 31.4 Å². The average molecular weight is 403 g/mol. The Hall–Kier alpha value is -2.05. The number of anilines is 1. The molecular formula is C14H15F2N5O3S2. The van der Waals surface area contributed by atoms with Crippen molar-refractivity contribution < 1.29 is 22.0 Å². The van der Waals surface area contributed by atoms with Gasteiger partial charge in [-0.15, -0.1) is 10.2 Å². The largest absolute Gasteiger partial charge is 0.300 e. The topological polar surface area (TPSA) is 105 Å². The van der Waals surface area contributed by atoms with Gasteiger partial charge in [0.25, 0.3) is 6.43 Å². The highest BCUT2D eigenvalue weighted by atomic mass is 32.2. The normalized spacial score (nSPS) is 16.7. The molecule has 1 N–H and O–H groups in total. The third kappa shape index (κ3) is 4.02. The molecule has 3 rings (SSSR count). The van der Waals surface area contributed by atoms with E-state index < -0.39 is 27.4 Å². The summed E-state index contributed by atoms with van der Waals surface area (Å²) in [5, 5.41) is 8.83. The summed E-state index contributed by atoms with van der Waals surface area (Å²) >= 11 is 0.618. The van der Waals surface area contributed by atoms with E-state index in [1.807, 2.05) is 0 Å². The highest BCUT2D eigenvalue weighted by Crippen LogP contribution is 2.27. The Balaban J connectivity index is 1.58. The number of amides is 1. The zero-order chi connectivity index (χ0) is 18.7. The summed E-state index contributed by atoms with van der Waals surface area (Å²) in [6.45, 7) is 0.376. The number of hydrogen-bond donors (Lipinski definition) is 1. The first kappa shape index (κ1) is 18.7. The van der Waals surface area contributed by atoms with Gasteiger partial charge in [0.15, 0.2) is 5.01 Å². The summed E-state index contributed by atoms with van der Waals surface area (Å²) in [5.74, 6) is -0.797. The maximum Gasteiger partial charge on any atom is 0.291 e. The lowest BCUT2D eigenvalue weighted by molar-refractivity contribution is -0.120. The number of halogens is 2. The fourth-order valence-corrected chi connectivity index (χ4v) is 4.62. The van der Waals surface area contributed by atoms with Crippen LogP contribution in [0, 0.1) is 5.92 Å². The molecule has 0 spiro atoms. The van der Waals surface area contributed by atoms with E-state index in [0.29, 0.717) is 24.2 Å². The van der Waals surface area contributed by atoms with Gasteiger partial charge in [-0.05, 0) is 25.0 Å². The van der Waals surface area contributed by atoms with Crippen molar-refractivity contribution in [3.05, 3.63) is 29.5 Å². The minimum Gasteiger partial charge on any atom is -0.300 e. The standard InChI is InChI=1S/C14H15F2N5O3S2/c15-11(16)13-19-20-14(25-13)18-12(22)9-3-6-21(7-4-9)26(23,24)10-2-1-5-17-8-10/h1-2,5,8-9,11H,3-4,6-7H2,(H,18,20,22). The lowest BCUT2D eigenvalue weighted by Gasteiger charge is -2.30. The SMILES string of the molecule is O=C(Nc1nnc(C(F)F)s1)C1CCN(S(=O)(=O)c2cccnc2)CC1. The van der Waals surface area contributed by atoms with E-state index in [1.165, 1.54) is 22.8 Å². The predicted molar refractivity (Wildman–Crippen MR) is 89.2 cm³/mol. The lowest BCUT2D eigenvalue weighted by atomic mass is 9.97. The molecule has 1 aliphatic heterocycles. The fraction of sp³-hybridized carbons (Fsp3) is 0.429. The van der Waals surface area contributed by atoms with Gasteiger partial charge in [-0.3, -0.25) is 9.78 Å². The van der Waals surface area contributed by atoms with Gasteiger partial charge < -0.3 is 5.32 Å². The van der Waals surface area contributed by atoms with Crippen molar-refractivity contribution in [2.45, 2.75) is 24.2 Å². The Morgan fingerprint density at radius 3 is 2.62 bits per heavy atom. The van der Waals surface area contributed by atoms with Crippen molar-refractivity contribution in [1.82, 2.24) is 19.5 Å². The van der Waals surface area contributed by atoms with Gasteiger partial charge in [-0.1, -0.05) is 11.3 Å². The number of alkyl halides is 2. The smallest absolute Gasteiger partial charge is 0.291 e. The Morgan fingerprint density at radius 2 is 2.04 bits per heavy atom. The summed E-state index contributed by atoms with van der Waals surface area (Å²) < 4.78 is 51.3. The van der Waals surface area contributed by atoms with Gasteiger partial charge in [0.05, 0.1) is 0 Å². The number of nitrogens with one attached hydrogen (secondary N) is 1. The number of pyridine rings is 1. The molecule has 2 aromatic rings. The lowest BCUT2D eigenvalue weighted by Crippen LogP contribution is -2.41. The molecule has 1 amide bonds. The van der Waals surface area contributed by atoms with Crippen LogP contribution in [0.2, 0.25) is 0 Å². The van der Waals surface area contributed by atoms with Crippen LogP contribution in [-0.2, 0) is 14.8 Å². The molecular weight excluding hydrogens is 388 g/mol. The maximum atomic E-state index is 12.5. The van der Waals surface area contributed by atoms with Crippen molar-refractivity contribution >= 4 is 32.4 Å². The van der Waals surface area contributed by atoms with E-state index >= 15 is 0 Å². The van der Waals surface area contributed by atoms with Gasteiger partial charge >= 0.3 is 0 Å². The second-order valence-corrected chi connectivity index (χ2v) is 8.55. The van der Waals surface area contributed by atoms with E-state index in [4.69, 9.17) is 0 Å². The van der Waals surface area contributed by atoms with E-state index in [-0.39, 0.29) is 29.0 Å². The third-order valence-electron chi connectivity index (χ3n) is 3.95. The van der Waals surface area contributed by atoms with Crippen LogP contribution in [0.4, 0.5) is 13.9 Å². The second-order valence-electron chi connectivity index (χ2n) is 5.60. The summed E-state index contributed by atoms with van der Waals surface area (Å²) in [7, 11) is -3.64. The number of aromatic nitrogens is 3. The van der Waals surface area contributed by atoms with E-state index in [1.54, 1.807) is 6.07 Å². The first-order valence-corrected chi connectivity index (χ1v) is 9.96. The third-order valence-corrected chi connectivity index (χ3v) is 6.68. The summed E-state index contributed by atoms with van der Waals surface area (Å²) in [4.78, 5) is 16.2. The van der Waals surface area contributed by atoms with Crippen LogP contribution in [0.1, 0.15) is 24.3 Å². The Kier molecular flexibility index (Phi) is 5.53. The highest BCUT2D eigenvalue weighted by molar-refractivity contribution is 7.89. The van der Waals surface area contributed by atoms with Gasteiger partial charge in [0.1, 0.15) is 4.90 Å². The molecule has 0 aliphatic carbocycles. The molecule has 140 valence electrons. The van der Waals surface area contributed by atoms with Gasteiger partial charge in [-0.25, -0.2) is 17.2 Å². The quantitative estimate of drug-likeness (QED) is 0.818. The molecule has 1 aliphatic rings. The Morgan fingerprint density at radius 1 is 1.31 bits per heavy atom. The fourth-order valence-electron chi connectivity index (χ4n) is 2.59. The van der Waals surface area contributed by atoms with E-state index in [0.717, 1.165) is 0 Å². The molecule has 0 radical (unpaired) electrons. The van der Waals surface area contributed by atoms with E-state index in [2.05, 4.69) is 20.5 Å². The Labute approximate surface area is 152 Å². The number of carbonyl (C=O) groups excluding carboxylic acids is 1. The molecule has 26 heavy (non-hydrogen) atoms. The maximum absolute atomic E-state index is 12.5. The molecule has 0 aromatic carbocycles. The summed E-state index contributed by atoms with van der Waals surface area (Å²) in [6, 6.07) is 3.01. The number of sulfonamides is 1. The van der Waals surface area contributed by atoms with Crippen LogP contribution in [0.15, 0.2) is 29.4 Å². The molecule has 0 atom stereocenters. The minimum atomic E-state index is -3.64. The summed E-state index contributed by atoms with van der Waals surface area (Å²) in [6.07, 6.45) is 0.684. The van der Waals surface area contributed by atoms with Crippen LogP contribution >= 0.6 is 11.3 Å². The molecule has 0 unspecified atom stereocenters. The minimum absolute atomic E-state index is 0.00992. The van der Waals surface area contributed by atoms with Crippen LogP contribution in [-0.4, -0.2) is 46.9 Å². The van der Waals surface area contributed by atoms with Gasteiger partial charge in [0.2, 0.25) is 21.1 Å². The van der Waals surface area contributed by atoms with Gasteiger partial charge in [-0.2, -0.15) is 4.31 Å². The van der Waals surface area contributed by atoms with E-state index in [9.17, 15) is 22.0 Å². The molecule has 8 nitrogen and oxygen atoms in total. The second kappa shape index (κ2) is 7.68. The molecule has 0 bridgehead atoms. The molecule has 3 heterocycles.